The van der Waals surface area contributed by atoms with Gasteiger partial charge in [-0.2, -0.15) is 0 Å². The number of aryl methyl sites for hydroxylation is 1. The van der Waals surface area contributed by atoms with E-state index in [0.717, 1.165) is 4.88 Å². The average Bonchev–Trinajstić information content (AvgIpc) is 3.22. The predicted octanol–water partition coefficient (Wildman–Crippen LogP) is 4.34. The summed E-state index contributed by atoms with van der Waals surface area (Å²) < 4.78 is 26.3. The molecule has 0 saturated carbocycles. The molecule has 1 aliphatic rings. The van der Waals surface area contributed by atoms with Crippen LogP contribution in [0, 0.1) is 11.6 Å². The SMILES string of the molecule is O=C(Nc1nc2c(s1)CC[C@@H]2C(=O)Nc1cccc(F)c1)c1ccc(F)cc1. The number of amides is 2. The molecule has 1 heterocycles. The Morgan fingerprint density at radius 2 is 1.82 bits per heavy atom. The van der Waals surface area contributed by atoms with Gasteiger partial charge in [0, 0.05) is 16.1 Å². The molecule has 4 rings (SSSR count). The van der Waals surface area contributed by atoms with Crippen molar-refractivity contribution in [1.29, 1.82) is 0 Å². The lowest BCUT2D eigenvalue weighted by atomic mass is 10.1. The molecule has 0 bridgehead atoms. The van der Waals surface area contributed by atoms with Crippen LogP contribution in [0.5, 0.6) is 0 Å². The molecule has 2 N–H and O–H groups in total. The van der Waals surface area contributed by atoms with Crippen molar-refractivity contribution in [2.45, 2.75) is 18.8 Å². The van der Waals surface area contributed by atoms with Crippen LogP contribution in [0.1, 0.15) is 33.3 Å². The first-order valence-electron chi connectivity index (χ1n) is 8.62. The highest BCUT2D eigenvalue weighted by molar-refractivity contribution is 7.16. The summed E-state index contributed by atoms with van der Waals surface area (Å²) in [5.74, 6) is -1.95. The van der Waals surface area contributed by atoms with Crippen LogP contribution >= 0.6 is 11.3 Å². The van der Waals surface area contributed by atoms with E-state index in [2.05, 4.69) is 15.6 Å². The maximum absolute atomic E-state index is 13.3. The van der Waals surface area contributed by atoms with E-state index < -0.39 is 23.5 Å². The van der Waals surface area contributed by atoms with Crippen molar-refractivity contribution in [3.63, 3.8) is 0 Å². The van der Waals surface area contributed by atoms with Gasteiger partial charge in [-0.15, -0.1) is 11.3 Å². The number of benzene rings is 2. The fourth-order valence-electron chi connectivity index (χ4n) is 3.10. The minimum absolute atomic E-state index is 0.258. The highest BCUT2D eigenvalue weighted by atomic mass is 32.1. The Labute approximate surface area is 163 Å². The zero-order valence-electron chi connectivity index (χ0n) is 14.5. The van der Waals surface area contributed by atoms with Crippen molar-refractivity contribution in [2.75, 3.05) is 10.6 Å². The summed E-state index contributed by atoms with van der Waals surface area (Å²) >= 11 is 1.32. The molecule has 1 atom stereocenters. The lowest BCUT2D eigenvalue weighted by Gasteiger charge is -2.10. The van der Waals surface area contributed by atoms with Gasteiger partial charge in [-0.05, 0) is 55.3 Å². The van der Waals surface area contributed by atoms with Crippen molar-refractivity contribution in [2.24, 2.45) is 0 Å². The molecule has 2 amide bonds. The molecule has 0 aliphatic heterocycles. The summed E-state index contributed by atoms with van der Waals surface area (Å²) in [7, 11) is 0. The standard InChI is InChI=1S/C20H15F2N3O2S/c21-12-6-4-11(5-7-12)18(26)25-20-24-17-15(8-9-16(17)28-20)19(27)23-14-3-1-2-13(22)10-14/h1-7,10,15H,8-9H2,(H,23,27)(H,24,25,26)/t15-/m0/s1. The maximum atomic E-state index is 13.3. The van der Waals surface area contributed by atoms with Crippen LogP contribution in [0.15, 0.2) is 48.5 Å². The molecule has 0 unspecified atom stereocenters. The second kappa shape index (κ2) is 7.47. The molecule has 5 nitrogen and oxygen atoms in total. The van der Waals surface area contributed by atoms with E-state index in [9.17, 15) is 18.4 Å². The van der Waals surface area contributed by atoms with Gasteiger partial charge in [-0.3, -0.25) is 14.9 Å². The van der Waals surface area contributed by atoms with Gasteiger partial charge in [0.1, 0.15) is 11.6 Å². The quantitative estimate of drug-likeness (QED) is 0.686. The molecule has 0 spiro atoms. The summed E-state index contributed by atoms with van der Waals surface area (Å²) in [6.07, 6.45) is 1.29. The molecular weight excluding hydrogens is 384 g/mol. The van der Waals surface area contributed by atoms with Gasteiger partial charge in [-0.1, -0.05) is 6.07 Å². The lowest BCUT2D eigenvalue weighted by molar-refractivity contribution is -0.117. The summed E-state index contributed by atoms with van der Waals surface area (Å²) in [6, 6.07) is 10.9. The van der Waals surface area contributed by atoms with Crippen LogP contribution in [0.25, 0.3) is 0 Å². The first-order valence-corrected chi connectivity index (χ1v) is 9.44. The van der Waals surface area contributed by atoms with Gasteiger partial charge >= 0.3 is 0 Å². The summed E-state index contributed by atoms with van der Waals surface area (Å²) in [5.41, 5.74) is 1.34. The van der Waals surface area contributed by atoms with Crippen LogP contribution in [0.4, 0.5) is 19.6 Å². The Morgan fingerprint density at radius 1 is 1.04 bits per heavy atom. The number of halogens is 2. The molecule has 2 aromatic carbocycles. The van der Waals surface area contributed by atoms with Crippen LogP contribution in [0.3, 0.4) is 0 Å². The normalized spacial score (nSPS) is 15.1. The monoisotopic (exact) mass is 399 g/mol. The van der Waals surface area contributed by atoms with Crippen molar-refractivity contribution < 1.29 is 18.4 Å². The second-order valence-corrected chi connectivity index (χ2v) is 7.46. The minimum atomic E-state index is -0.453. The Morgan fingerprint density at radius 3 is 2.57 bits per heavy atom. The van der Waals surface area contributed by atoms with Crippen molar-refractivity contribution in [3.8, 4) is 0 Å². The Kier molecular flexibility index (Phi) is 4.87. The molecule has 3 aromatic rings. The second-order valence-electron chi connectivity index (χ2n) is 6.38. The fourth-order valence-corrected chi connectivity index (χ4v) is 4.14. The van der Waals surface area contributed by atoms with Crippen LogP contribution in [-0.4, -0.2) is 16.8 Å². The molecule has 0 fully saturated rings. The van der Waals surface area contributed by atoms with E-state index in [1.165, 1.54) is 53.8 Å². The van der Waals surface area contributed by atoms with Gasteiger partial charge < -0.3 is 5.32 Å². The smallest absolute Gasteiger partial charge is 0.257 e. The number of fused-ring (bicyclic) bond motifs is 1. The number of carbonyl (C=O) groups is 2. The third kappa shape index (κ3) is 3.77. The third-order valence-electron chi connectivity index (χ3n) is 4.45. The van der Waals surface area contributed by atoms with E-state index >= 15 is 0 Å². The van der Waals surface area contributed by atoms with E-state index in [1.807, 2.05) is 0 Å². The maximum Gasteiger partial charge on any atom is 0.257 e. The first kappa shape index (κ1) is 18.2. The number of hydrogen-bond donors (Lipinski definition) is 2. The first-order chi connectivity index (χ1) is 13.5. The number of nitrogens with zero attached hydrogens (tertiary/aromatic N) is 1. The highest BCUT2D eigenvalue weighted by Crippen LogP contribution is 2.39. The number of nitrogens with one attached hydrogen (secondary N) is 2. The molecule has 8 heteroatoms. The summed E-state index contributed by atoms with van der Waals surface area (Å²) in [6.45, 7) is 0. The predicted molar refractivity (Wildman–Crippen MR) is 103 cm³/mol. The summed E-state index contributed by atoms with van der Waals surface area (Å²) in [5, 5.41) is 5.79. The van der Waals surface area contributed by atoms with Gasteiger partial charge in [-0.25, -0.2) is 13.8 Å². The Bertz CT molecular complexity index is 1050. The number of aromatic nitrogens is 1. The zero-order valence-corrected chi connectivity index (χ0v) is 15.4. The molecule has 1 aliphatic carbocycles. The fraction of sp³-hybridized carbons (Fsp3) is 0.150. The minimum Gasteiger partial charge on any atom is -0.325 e. The van der Waals surface area contributed by atoms with E-state index in [-0.39, 0.29) is 5.91 Å². The van der Waals surface area contributed by atoms with Crippen molar-refractivity contribution >= 4 is 34.0 Å². The zero-order chi connectivity index (χ0) is 19.7. The average molecular weight is 399 g/mol. The number of thiazole rings is 1. The Hall–Kier alpha value is -3.13. The number of anilines is 2. The number of rotatable bonds is 4. The number of hydrogen-bond acceptors (Lipinski definition) is 4. The third-order valence-corrected chi connectivity index (χ3v) is 5.50. The summed E-state index contributed by atoms with van der Waals surface area (Å²) in [4.78, 5) is 30.2. The molecule has 142 valence electrons. The van der Waals surface area contributed by atoms with Gasteiger partial charge in [0.25, 0.3) is 5.91 Å². The van der Waals surface area contributed by atoms with Crippen molar-refractivity contribution in [1.82, 2.24) is 4.98 Å². The van der Waals surface area contributed by atoms with Gasteiger partial charge in [0.05, 0.1) is 11.6 Å². The van der Waals surface area contributed by atoms with E-state index in [4.69, 9.17) is 0 Å². The highest BCUT2D eigenvalue weighted by Gasteiger charge is 2.33. The van der Waals surface area contributed by atoms with Crippen LogP contribution < -0.4 is 10.6 Å². The van der Waals surface area contributed by atoms with Gasteiger partial charge in [0.15, 0.2) is 5.13 Å². The Balaban J connectivity index is 1.47. The molecule has 28 heavy (non-hydrogen) atoms. The van der Waals surface area contributed by atoms with Gasteiger partial charge in [0.2, 0.25) is 5.91 Å². The molecule has 0 radical (unpaired) electrons. The molecule has 1 aromatic heterocycles. The lowest BCUT2D eigenvalue weighted by Crippen LogP contribution is -2.20. The van der Waals surface area contributed by atoms with Crippen LogP contribution in [-0.2, 0) is 11.2 Å². The molecule has 0 saturated heterocycles. The van der Waals surface area contributed by atoms with E-state index in [0.29, 0.717) is 34.9 Å². The van der Waals surface area contributed by atoms with Crippen molar-refractivity contribution in [3.05, 3.63) is 76.3 Å². The number of carbonyl (C=O) groups excluding carboxylic acids is 2. The van der Waals surface area contributed by atoms with E-state index in [1.54, 1.807) is 6.07 Å². The van der Waals surface area contributed by atoms with Crippen LogP contribution in [0.2, 0.25) is 0 Å². The molecular formula is C20H15F2N3O2S. The topological polar surface area (TPSA) is 71.1 Å². The largest absolute Gasteiger partial charge is 0.325 e.